The number of likely N-dealkylation sites (tertiary alicyclic amines) is 1. The summed E-state index contributed by atoms with van der Waals surface area (Å²) in [5.41, 5.74) is 1.65. The van der Waals surface area contributed by atoms with Crippen LogP contribution in [0.3, 0.4) is 0 Å². The third-order valence-corrected chi connectivity index (χ3v) is 3.73. The van der Waals surface area contributed by atoms with E-state index in [9.17, 15) is 0 Å². The molecule has 1 aliphatic heterocycles. The van der Waals surface area contributed by atoms with Gasteiger partial charge in [-0.1, -0.05) is 13.8 Å². The van der Waals surface area contributed by atoms with Gasteiger partial charge in [-0.25, -0.2) is 0 Å². The minimum Gasteiger partial charge on any atom is -0.357 e. The van der Waals surface area contributed by atoms with Gasteiger partial charge in [0.25, 0.3) is 0 Å². The lowest BCUT2D eigenvalue weighted by molar-refractivity contribution is 0.370. The van der Waals surface area contributed by atoms with Gasteiger partial charge < -0.3 is 10.2 Å². The van der Waals surface area contributed by atoms with Crippen LogP contribution < -0.4 is 5.32 Å². The van der Waals surface area contributed by atoms with Crippen LogP contribution in [0.2, 0.25) is 0 Å². The van der Waals surface area contributed by atoms with Crippen molar-refractivity contribution >= 4 is 5.96 Å². The van der Waals surface area contributed by atoms with Gasteiger partial charge >= 0.3 is 0 Å². The summed E-state index contributed by atoms with van der Waals surface area (Å²) in [5, 5.41) is 7.60. The summed E-state index contributed by atoms with van der Waals surface area (Å²) in [6.45, 7) is 10.7. The van der Waals surface area contributed by atoms with Crippen molar-refractivity contribution in [2.45, 2.75) is 33.6 Å². The Labute approximate surface area is 122 Å². The Kier molecular flexibility index (Phi) is 4.68. The van der Waals surface area contributed by atoms with Crippen LogP contribution >= 0.6 is 0 Å². The maximum absolute atomic E-state index is 4.76. The van der Waals surface area contributed by atoms with Gasteiger partial charge in [-0.15, -0.1) is 0 Å². The number of nitrogens with zero attached hydrogens (tertiary/aromatic N) is 4. The molecule has 1 saturated heterocycles. The number of nitrogens with one attached hydrogen (secondary N) is 1. The topological polar surface area (TPSA) is 45.5 Å². The summed E-state index contributed by atoms with van der Waals surface area (Å²) in [6.07, 6.45) is 6.16. The van der Waals surface area contributed by atoms with Crippen LogP contribution in [-0.4, -0.2) is 46.8 Å². The first-order valence-corrected chi connectivity index (χ1v) is 7.51. The molecule has 0 spiro atoms. The van der Waals surface area contributed by atoms with E-state index in [1.165, 1.54) is 12.0 Å². The van der Waals surface area contributed by atoms with Crippen molar-refractivity contribution in [1.29, 1.82) is 0 Å². The monoisotopic (exact) mass is 277 g/mol. The van der Waals surface area contributed by atoms with Crippen molar-refractivity contribution in [3.8, 4) is 0 Å². The highest BCUT2D eigenvalue weighted by Crippen LogP contribution is 2.28. The van der Waals surface area contributed by atoms with Gasteiger partial charge in [0.05, 0.1) is 6.20 Å². The molecule has 2 rings (SSSR count). The molecule has 0 atom stereocenters. The highest BCUT2D eigenvalue weighted by Gasteiger charge is 2.30. The third-order valence-electron chi connectivity index (χ3n) is 3.73. The normalized spacial score (nSPS) is 18.6. The van der Waals surface area contributed by atoms with Gasteiger partial charge in [0.2, 0.25) is 0 Å². The van der Waals surface area contributed by atoms with Crippen LogP contribution in [-0.2, 0) is 13.5 Å². The zero-order chi connectivity index (χ0) is 14.6. The molecular weight excluding hydrogens is 250 g/mol. The van der Waals surface area contributed by atoms with Gasteiger partial charge in [0.1, 0.15) is 0 Å². The standard InChI is InChI=1S/C15H27N5/c1-5-16-14(20-9-7-15(2,3)12-20)17-8-6-13-10-18-19(4)11-13/h10-11H,5-9,12H2,1-4H3,(H,16,17). The zero-order valence-electron chi connectivity index (χ0n) is 13.2. The maximum atomic E-state index is 4.76. The van der Waals surface area contributed by atoms with E-state index in [0.717, 1.165) is 38.6 Å². The number of hydrogen-bond acceptors (Lipinski definition) is 2. The first kappa shape index (κ1) is 14.9. The first-order chi connectivity index (χ1) is 9.50. The number of aliphatic imine (C=N–C) groups is 1. The Balaban J connectivity index is 1.92. The van der Waals surface area contributed by atoms with E-state index in [-0.39, 0.29) is 0 Å². The SMILES string of the molecule is CCNC(=NCCc1cnn(C)c1)N1CCC(C)(C)C1. The average Bonchev–Trinajstić information content (AvgIpc) is 2.94. The molecular formula is C15H27N5. The molecule has 0 saturated carbocycles. The van der Waals surface area contributed by atoms with E-state index in [1.54, 1.807) is 0 Å². The minimum absolute atomic E-state index is 0.402. The van der Waals surface area contributed by atoms with Crippen LogP contribution in [0.25, 0.3) is 0 Å². The number of aromatic nitrogens is 2. The quantitative estimate of drug-likeness (QED) is 0.672. The van der Waals surface area contributed by atoms with E-state index in [4.69, 9.17) is 4.99 Å². The van der Waals surface area contributed by atoms with E-state index < -0.39 is 0 Å². The third kappa shape index (κ3) is 3.99. The van der Waals surface area contributed by atoms with Gasteiger partial charge in [-0.3, -0.25) is 9.67 Å². The van der Waals surface area contributed by atoms with E-state index in [0.29, 0.717) is 5.41 Å². The smallest absolute Gasteiger partial charge is 0.193 e. The van der Waals surface area contributed by atoms with E-state index in [2.05, 4.69) is 42.3 Å². The lowest BCUT2D eigenvalue weighted by Crippen LogP contribution is -2.40. The molecule has 5 nitrogen and oxygen atoms in total. The van der Waals surface area contributed by atoms with Crippen molar-refractivity contribution < 1.29 is 0 Å². The van der Waals surface area contributed by atoms with E-state index in [1.807, 2.05) is 17.9 Å². The fraction of sp³-hybridized carbons (Fsp3) is 0.733. The van der Waals surface area contributed by atoms with Crippen molar-refractivity contribution in [3.05, 3.63) is 18.0 Å². The lowest BCUT2D eigenvalue weighted by atomic mass is 9.93. The summed E-state index contributed by atoms with van der Waals surface area (Å²) < 4.78 is 1.84. The highest BCUT2D eigenvalue weighted by molar-refractivity contribution is 5.80. The molecule has 0 aromatic carbocycles. The maximum Gasteiger partial charge on any atom is 0.193 e. The molecule has 0 unspecified atom stereocenters. The molecule has 20 heavy (non-hydrogen) atoms. The molecule has 1 aliphatic rings. The largest absolute Gasteiger partial charge is 0.357 e. The predicted molar refractivity (Wildman–Crippen MR) is 82.9 cm³/mol. The number of aryl methyl sites for hydroxylation is 1. The van der Waals surface area contributed by atoms with Crippen molar-refractivity contribution in [3.63, 3.8) is 0 Å². The Hall–Kier alpha value is -1.52. The molecule has 1 fully saturated rings. The number of rotatable bonds is 4. The van der Waals surface area contributed by atoms with Crippen LogP contribution in [0.5, 0.6) is 0 Å². The zero-order valence-corrected chi connectivity index (χ0v) is 13.2. The predicted octanol–water partition coefficient (Wildman–Crippen LogP) is 1.66. The molecule has 0 radical (unpaired) electrons. The van der Waals surface area contributed by atoms with Crippen molar-refractivity contribution in [2.75, 3.05) is 26.2 Å². The summed E-state index contributed by atoms with van der Waals surface area (Å²) in [5.74, 6) is 1.06. The van der Waals surface area contributed by atoms with Crippen LogP contribution in [0, 0.1) is 5.41 Å². The minimum atomic E-state index is 0.402. The second-order valence-corrected chi connectivity index (χ2v) is 6.34. The summed E-state index contributed by atoms with van der Waals surface area (Å²) in [6, 6.07) is 0. The Morgan fingerprint density at radius 1 is 1.50 bits per heavy atom. The summed E-state index contributed by atoms with van der Waals surface area (Å²) >= 11 is 0. The summed E-state index contributed by atoms with van der Waals surface area (Å²) in [4.78, 5) is 7.14. The van der Waals surface area contributed by atoms with Gasteiger partial charge in [-0.2, -0.15) is 5.10 Å². The molecule has 5 heteroatoms. The molecule has 1 aromatic rings. The van der Waals surface area contributed by atoms with Crippen LogP contribution in [0.15, 0.2) is 17.4 Å². The fourth-order valence-electron chi connectivity index (χ4n) is 2.61. The van der Waals surface area contributed by atoms with Gasteiger partial charge in [0, 0.05) is 39.4 Å². The first-order valence-electron chi connectivity index (χ1n) is 7.51. The molecule has 0 aliphatic carbocycles. The molecule has 0 amide bonds. The molecule has 1 N–H and O–H groups in total. The molecule has 2 heterocycles. The van der Waals surface area contributed by atoms with Gasteiger partial charge in [-0.05, 0) is 30.7 Å². The Morgan fingerprint density at radius 2 is 2.30 bits per heavy atom. The second-order valence-electron chi connectivity index (χ2n) is 6.34. The second kappa shape index (κ2) is 6.29. The highest BCUT2D eigenvalue weighted by atomic mass is 15.3. The van der Waals surface area contributed by atoms with Crippen molar-refractivity contribution in [1.82, 2.24) is 20.0 Å². The van der Waals surface area contributed by atoms with Gasteiger partial charge in [0.15, 0.2) is 5.96 Å². The fourth-order valence-corrected chi connectivity index (χ4v) is 2.61. The average molecular weight is 277 g/mol. The molecule has 1 aromatic heterocycles. The Morgan fingerprint density at radius 3 is 2.85 bits per heavy atom. The van der Waals surface area contributed by atoms with E-state index >= 15 is 0 Å². The van der Waals surface area contributed by atoms with Crippen LogP contribution in [0.4, 0.5) is 0 Å². The molecule has 0 bridgehead atoms. The van der Waals surface area contributed by atoms with Crippen molar-refractivity contribution in [2.24, 2.45) is 17.5 Å². The number of hydrogen-bond donors (Lipinski definition) is 1. The lowest BCUT2D eigenvalue weighted by Gasteiger charge is -2.23. The van der Waals surface area contributed by atoms with Crippen LogP contribution in [0.1, 0.15) is 32.8 Å². The Bertz CT molecular complexity index is 461. The summed E-state index contributed by atoms with van der Waals surface area (Å²) in [7, 11) is 1.95. The number of guanidine groups is 1. The molecule has 112 valence electrons.